The van der Waals surface area contributed by atoms with Gasteiger partial charge in [0.25, 0.3) is 0 Å². The van der Waals surface area contributed by atoms with Gasteiger partial charge in [0.2, 0.25) is 0 Å². The van der Waals surface area contributed by atoms with Crippen LogP contribution < -0.4 is 10.1 Å². The predicted octanol–water partition coefficient (Wildman–Crippen LogP) is 2.58. The highest BCUT2D eigenvalue weighted by atomic mass is 32.1. The van der Waals surface area contributed by atoms with Gasteiger partial charge in [0.1, 0.15) is 5.75 Å². The fourth-order valence-electron chi connectivity index (χ4n) is 1.84. The van der Waals surface area contributed by atoms with Crippen molar-refractivity contribution in [3.63, 3.8) is 0 Å². The molecular formula is C13H24N2OS. The van der Waals surface area contributed by atoms with Crippen LogP contribution in [0.4, 0.5) is 0 Å². The summed E-state index contributed by atoms with van der Waals surface area (Å²) in [7, 11) is 1.73. The predicted molar refractivity (Wildman–Crippen MR) is 75.0 cm³/mol. The van der Waals surface area contributed by atoms with Crippen LogP contribution in [0, 0.1) is 0 Å². The summed E-state index contributed by atoms with van der Waals surface area (Å²) in [6.07, 6.45) is 0. The molecule has 0 saturated carbocycles. The van der Waals surface area contributed by atoms with Gasteiger partial charge in [0, 0.05) is 19.1 Å². The molecule has 4 heteroatoms. The maximum atomic E-state index is 5.30. The fourth-order valence-corrected chi connectivity index (χ4v) is 2.63. The molecule has 1 N–H and O–H groups in total. The molecule has 0 aliphatic rings. The molecule has 0 bridgehead atoms. The first kappa shape index (κ1) is 14.5. The summed E-state index contributed by atoms with van der Waals surface area (Å²) < 4.78 is 5.30. The van der Waals surface area contributed by atoms with Crippen LogP contribution in [0.1, 0.15) is 25.6 Å². The average Bonchev–Trinajstić information content (AvgIpc) is 2.80. The van der Waals surface area contributed by atoms with Crippen molar-refractivity contribution < 1.29 is 4.74 Å². The van der Waals surface area contributed by atoms with Crippen molar-refractivity contribution in [2.75, 3.05) is 26.7 Å². The second-order valence-electron chi connectivity index (χ2n) is 4.18. The minimum Gasteiger partial charge on any atom is -0.496 e. The van der Waals surface area contributed by atoms with Gasteiger partial charge in [-0.05, 0) is 31.5 Å². The highest BCUT2D eigenvalue weighted by Crippen LogP contribution is 2.23. The molecule has 1 aromatic rings. The molecule has 0 aromatic carbocycles. The largest absolute Gasteiger partial charge is 0.496 e. The minimum absolute atomic E-state index is 0.502. The van der Waals surface area contributed by atoms with Crippen molar-refractivity contribution in [3.05, 3.63) is 16.3 Å². The van der Waals surface area contributed by atoms with E-state index in [0.29, 0.717) is 6.04 Å². The van der Waals surface area contributed by atoms with Crippen LogP contribution in [0.2, 0.25) is 0 Å². The number of rotatable bonds is 8. The Morgan fingerprint density at radius 2 is 2.12 bits per heavy atom. The lowest BCUT2D eigenvalue weighted by atomic mass is 10.3. The lowest BCUT2D eigenvalue weighted by Gasteiger charge is -2.23. The number of hydrogen-bond donors (Lipinski definition) is 1. The van der Waals surface area contributed by atoms with E-state index >= 15 is 0 Å². The number of ether oxygens (including phenoxy) is 1. The molecule has 0 aliphatic heterocycles. The second kappa shape index (κ2) is 7.69. The molecular weight excluding hydrogens is 232 g/mol. The molecule has 1 unspecified atom stereocenters. The number of nitrogens with zero attached hydrogens (tertiary/aromatic N) is 1. The third-order valence-corrected chi connectivity index (χ3v) is 3.86. The van der Waals surface area contributed by atoms with Gasteiger partial charge in [-0.1, -0.05) is 13.8 Å². The van der Waals surface area contributed by atoms with E-state index in [0.717, 1.165) is 31.9 Å². The first-order chi connectivity index (χ1) is 8.21. The van der Waals surface area contributed by atoms with E-state index < -0.39 is 0 Å². The van der Waals surface area contributed by atoms with E-state index in [2.05, 4.69) is 36.4 Å². The zero-order valence-electron chi connectivity index (χ0n) is 11.3. The summed E-state index contributed by atoms with van der Waals surface area (Å²) in [6, 6.07) is 2.53. The number of hydrogen-bond acceptors (Lipinski definition) is 4. The van der Waals surface area contributed by atoms with Crippen molar-refractivity contribution >= 4 is 11.3 Å². The topological polar surface area (TPSA) is 24.5 Å². The first-order valence-electron chi connectivity index (χ1n) is 6.27. The van der Waals surface area contributed by atoms with E-state index in [4.69, 9.17) is 4.74 Å². The second-order valence-corrected chi connectivity index (χ2v) is 5.18. The number of thiophene rings is 1. The summed E-state index contributed by atoms with van der Waals surface area (Å²) in [5.41, 5.74) is 0. The Bertz CT molecular complexity index is 310. The Labute approximate surface area is 109 Å². The molecule has 0 fully saturated rings. The Kier molecular flexibility index (Phi) is 6.55. The van der Waals surface area contributed by atoms with Gasteiger partial charge in [0.05, 0.1) is 12.0 Å². The number of likely N-dealkylation sites (N-methyl/N-ethyl adjacent to an activating group) is 1. The Balaban J connectivity index is 2.35. The van der Waals surface area contributed by atoms with Crippen LogP contribution in [0.25, 0.3) is 0 Å². The highest BCUT2D eigenvalue weighted by molar-refractivity contribution is 7.10. The smallest absolute Gasteiger partial charge is 0.134 e. The molecule has 17 heavy (non-hydrogen) atoms. The normalized spacial score (nSPS) is 13.0. The van der Waals surface area contributed by atoms with Crippen molar-refractivity contribution in [1.82, 2.24) is 10.2 Å². The summed E-state index contributed by atoms with van der Waals surface area (Å²) >= 11 is 1.75. The molecule has 3 nitrogen and oxygen atoms in total. The zero-order chi connectivity index (χ0) is 12.7. The van der Waals surface area contributed by atoms with E-state index in [-0.39, 0.29) is 0 Å². The SMILES string of the molecule is CCN(CC)CC(C)NCc1sccc1OC. The lowest BCUT2D eigenvalue weighted by molar-refractivity contribution is 0.270. The Morgan fingerprint density at radius 3 is 2.71 bits per heavy atom. The molecule has 0 amide bonds. The van der Waals surface area contributed by atoms with Crippen LogP contribution in [-0.2, 0) is 6.54 Å². The molecule has 0 aliphatic carbocycles. The monoisotopic (exact) mass is 256 g/mol. The summed E-state index contributed by atoms with van der Waals surface area (Å²) in [5.74, 6) is 0.998. The molecule has 1 aromatic heterocycles. The third-order valence-electron chi connectivity index (χ3n) is 2.96. The van der Waals surface area contributed by atoms with E-state index in [1.165, 1.54) is 4.88 Å². The maximum absolute atomic E-state index is 5.30. The quantitative estimate of drug-likeness (QED) is 0.773. The standard InChI is InChI=1S/C13H24N2OS/c1-5-15(6-2)10-11(3)14-9-13-12(16-4)7-8-17-13/h7-8,11,14H,5-6,9-10H2,1-4H3. The van der Waals surface area contributed by atoms with Gasteiger partial charge in [-0.25, -0.2) is 0 Å². The summed E-state index contributed by atoms with van der Waals surface area (Å²) in [5, 5.41) is 5.62. The molecule has 0 radical (unpaired) electrons. The molecule has 1 atom stereocenters. The van der Waals surface area contributed by atoms with Gasteiger partial charge in [-0.2, -0.15) is 0 Å². The summed E-state index contributed by atoms with van der Waals surface area (Å²) in [4.78, 5) is 3.71. The van der Waals surface area contributed by atoms with E-state index in [9.17, 15) is 0 Å². The first-order valence-corrected chi connectivity index (χ1v) is 7.15. The molecule has 1 heterocycles. The zero-order valence-corrected chi connectivity index (χ0v) is 12.1. The highest BCUT2D eigenvalue weighted by Gasteiger charge is 2.09. The maximum Gasteiger partial charge on any atom is 0.134 e. The van der Waals surface area contributed by atoms with Gasteiger partial charge in [-0.15, -0.1) is 11.3 Å². The lowest BCUT2D eigenvalue weighted by Crippen LogP contribution is -2.38. The van der Waals surface area contributed by atoms with Crippen molar-refractivity contribution in [2.45, 2.75) is 33.4 Å². The molecule has 1 rings (SSSR count). The van der Waals surface area contributed by atoms with Crippen LogP contribution in [-0.4, -0.2) is 37.7 Å². The number of methoxy groups -OCH3 is 1. The average molecular weight is 256 g/mol. The molecule has 0 saturated heterocycles. The van der Waals surface area contributed by atoms with Gasteiger partial charge >= 0.3 is 0 Å². The van der Waals surface area contributed by atoms with Crippen molar-refractivity contribution in [1.29, 1.82) is 0 Å². The molecule has 0 spiro atoms. The van der Waals surface area contributed by atoms with Gasteiger partial charge in [0.15, 0.2) is 0 Å². The van der Waals surface area contributed by atoms with Crippen LogP contribution in [0.5, 0.6) is 5.75 Å². The number of nitrogens with one attached hydrogen (secondary N) is 1. The summed E-state index contributed by atoms with van der Waals surface area (Å²) in [6.45, 7) is 10.9. The van der Waals surface area contributed by atoms with Crippen LogP contribution in [0.3, 0.4) is 0 Å². The van der Waals surface area contributed by atoms with Gasteiger partial charge in [-0.3, -0.25) is 0 Å². The van der Waals surface area contributed by atoms with Crippen molar-refractivity contribution in [3.8, 4) is 5.75 Å². The molecule has 98 valence electrons. The van der Waals surface area contributed by atoms with Crippen LogP contribution >= 0.6 is 11.3 Å². The third kappa shape index (κ3) is 4.66. The van der Waals surface area contributed by atoms with E-state index in [1.54, 1.807) is 18.4 Å². The van der Waals surface area contributed by atoms with Crippen LogP contribution in [0.15, 0.2) is 11.4 Å². The van der Waals surface area contributed by atoms with Gasteiger partial charge < -0.3 is 15.0 Å². The minimum atomic E-state index is 0.502. The van der Waals surface area contributed by atoms with Crippen molar-refractivity contribution in [2.24, 2.45) is 0 Å². The fraction of sp³-hybridized carbons (Fsp3) is 0.692. The van der Waals surface area contributed by atoms with E-state index in [1.807, 2.05) is 6.07 Å². The Morgan fingerprint density at radius 1 is 1.41 bits per heavy atom. The Hall–Kier alpha value is -0.580.